The summed E-state index contributed by atoms with van der Waals surface area (Å²) < 4.78 is 0. The van der Waals surface area contributed by atoms with Gasteiger partial charge in [-0.05, 0) is 0 Å². The Balaban J connectivity index is 0.000000150. The average Bonchev–Trinajstić information content (AvgIpc) is 2.75. The molecule has 0 amide bonds. The van der Waals surface area contributed by atoms with E-state index in [9.17, 15) is 0 Å². The van der Waals surface area contributed by atoms with Crippen LogP contribution >= 0.6 is 0 Å². The second-order valence-electron chi connectivity index (χ2n) is 19.6. The molecule has 4 aliphatic heterocycles. The van der Waals surface area contributed by atoms with Crippen LogP contribution in [0, 0.1) is 0 Å². The zero-order chi connectivity index (χ0) is 52.4. The number of hydrogen-bond acceptors (Lipinski definition) is 15. The topological polar surface area (TPSA) is 308 Å². The van der Waals surface area contributed by atoms with Crippen molar-refractivity contribution in [3.05, 3.63) is 194 Å². The van der Waals surface area contributed by atoms with Crippen molar-refractivity contribution in [1.82, 2.24) is 79.7 Å². The minimum Gasteiger partial charge on any atom is -0.870 e. The number of benzene rings is 8. The summed E-state index contributed by atoms with van der Waals surface area (Å²) in [5.41, 5.74) is 12.9. The van der Waals surface area contributed by atoms with Gasteiger partial charge in [-0.2, -0.15) is 0 Å². The molecule has 396 valence electrons. The van der Waals surface area contributed by atoms with Gasteiger partial charge in [0.15, 0.2) is 46.6 Å². The van der Waals surface area contributed by atoms with E-state index >= 15 is 0 Å². The van der Waals surface area contributed by atoms with Gasteiger partial charge in [-0.3, -0.25) is 0 Å². The van der Waals surface area contributed by atoms with E-state index in [0.717, 1.165) is 87.6 Å². The van der Waals surface area contributed by atoms with Gasteiger partial charge in [-0.15, -0.1) is 0 Å². The second-order valence-corrected chi connectivity index (χ2v) is 19.6. The van der Waals surface area contributed by atoms with E-state index in [2.05, 4.69) is 19.9 Å². The summed E-state index contributed by atoms with van der Waals surface area (Å²) in [6.07, 6.45) is 0. The van der Waals surface area contributed by atoms with Crippen molar-refractivity contribution in [2.75, 3.05) is 0 Å². The van der Waals surface area contributed by atoms with E-state index in [-0.39, 0.29) is 33.8 Å². The molecular weight excluding hydrogens is 1070 g/mol. The van der Waals surface area contributed by atoms with Crippen LogP contribution in [0.15, 0.2) is 194 Å². The van der Waals surface area contributed by atoms with Gasteiger partial charge >= 0.3 is 17.4 Å². The number of nitrogens with one attached hydrogen (secondary N) is 4. The maximum absolute atomic E-state index is 5.02. The standard InChI is InChI=1S/2C32H18N8.Al.3H2O/c2*1-2-10-18-17(9-1)25-33-26(18)38-28-21-13-5-6-14-22(21)30(35-28)40-32-24-16-8-7-15-23(24)31(36-32)39-29-20-12-4-3-11-19(20)27(34-29)37-25;;;;/h2*1-16H,(H2,33,34,35,36,37,38,39,40);;3*1H2/q;;+3;;;/p-3. The monoisotopic (exact) mass is 1110 g/mol. The third kappa shape index (κ3) is 8.25. The molecule has 0 atom stereocenters. The molecule has 0 saturated carbocycles. The zero-order valence-corrected chi connectivity index (χ0v) is 44.9. The summed E-state index contributed by atoms with van der Waals surface area (Å²) in [5.74, 6) is 4.78. The molecule has 84 heavy (non-hydrogen) atoms. The summed E-state index contributed by atoms with van der Waals surface area (Å²) in [7, 11) is 0. The SMILES string of the molecule is [Al+3].[OH-].[OH-].[OH-].c1ccc2c(c1)-c1nc-2nc2[nH]c(nc3nc(nc4[nH]c(n1)c1ccccc41)-c1ccccc1-3)c1ccccc21.c1ccc2c(c1)-c1nc-2nc2[nH]c(nc3nc(nc4[nH]c(n1)c1ccccc41)-c1ccccc1-3)c1ccccc21. The van der Waals surface area contributed by atoms with Crippen LogP contribution in [0.2, 0.25) is 0 Å². The fourth-order valence-electron chi connectivity index (χ4n) is 11.2. The van der Waals surface area contributed by atoms with Crippen molar-refractivity contribution in [3.8, 4) is 91.1 Å². The Morgan fingerprint density at radius 3 is 0.417 bits per heavy atom. The first kappa shape index (κ1) is 52.3. The number of aromatic nitrogens is 16. The molecule has 8 aromatic carbocycles. The van der Waals surface area contributed by atoms with Crippen LogP contribution in [-0.4, -0.2) is 114 Å². The van der Waals surface area contributed by atoms with Gasteiger partial charge in [0.1, 0.15) is 45.2 Å². The zero-order valence-electron chi connectivity index (χ0n) is 43.8. The summed E-state index contributed by atoms with van der Waals surface area (Å²) >= 11 is 0. The molecule has 0 aliphatic carbocycles. The first-order valence-corrected chi connectivity index (χ1v) is 26.0. The molecule has 14 aromatic rings. The van der Waals surface area contributed by atoms with Gasteiger partial charge in [0.05, 0.1) is 0 Å². The molecule has 0 spiro atoms. The molecule has 0 fully saturated rings. The molecule has 0 unspecified atom stereocenters. The van der Waals surface area contributed by atoms with Crippen molar-refractivity contribution in [2.24, 2.45) is 0 Å². The van der Waals surface area contributed by atoms with Crippen LogP contribution in [0.4, 0.5) is 0 Å². The molecule has 7 N–H and O–H groups in total. The average molecular weight is 1110 g/mol. The quantitative estimate of drug-likeness (QED) is 0.103. The number of aromatic amines is 4. The Labute approximate surface area is 484 Å². The molecule has 20 heteroatoms. The Bertz CT molecular complexity index is 4410. The Morgan fingerprint density at radius 1 is 0.167 bits per heavy atom. The van der Waals surface area contributed by atoms with Crippen LogP contribution in [0.1, 0.15) is 0 Å². The number of hydrogen-bond donors (Lipinski definition) is 4. The van der Waals surface area contributed by atoms with Gasteiger partial charge in [-0.25, -0.2) is 59.8 Å². The number of H-pyrrole nitrogens is 4. The fourth-order valence-corrected chi connectivity index (χ4v) is 11.2. The van der Waals surface area contributed by atoms with Crippen LogP contribution in [0.25, 0.3) is 179 Å². The van der Waals surface area contributed by atoms with Crippen LogP contribution in [0.3, 0.4) is 0 Å². The van der Waals surface area contributed by atoms with Gasteiger partial charge < -0.3 is 36.4 Å². The molecule has 16 bridgehead atoms. The number of nitrogens with zero attached hydrogens (tertiary/aromatic N) is 12. The molecule has 18 rings (SSSR count). The Kier molecular flexibility index (Phi) is 12.7. The minimum atomic E-state index is 0. The first-order valence-electron chi connectivity index (χ1n) is 26.0. The molecular formula is C64H39AlN16O3. The third-order valence-electron chi connectivity index (χ3n) is 14.9. The summed E-state index contributed by atoms with van der Waals surface area (Å²) in [6.45, 7) is 0. The van der Waals surface area contributed by atoms with Crippen molar-refractivity contribution < 1.29 is 16.4 Å². The van der Waals surface area contributed by atoms with E-state index in [1.54, 1.807) is 0 Å². The number of rotatable bonds is 0. The van der Waals surface area contributed by atoms with Crippen LogP contribution in [-0.2, 0) is 0 Å². The summed E-state index contributed by atoms with van der Waals surface area (Å²) in [4.78, 5) is 73.5. The van der Waals surface area contributed by atoms with E-state index in [4.69, 9.17) is 59.8 Å². The van der Waals surface area contributed by atoms with E-state index < -0.39 is 0 Å². The van der Waals surface area contributed by atoms with Gasteiger partial charge in [-0.1, -0.05) is 194 Å². The third-order valence-corrected chi connectivity index (χ3v) is 14.9. The normalized spacial score (nSPS) is 11.4. The maximum Gasteiger partial charge on any atom is 3.00 e. The molecule has 10 heterocycles. The molecule has 19 nitrogen and oxygen atoms in total. The van der Waals surface area contributed by atoms with E-state index in [1.807, 2.05) is 194 Å². The predicted molar refractivity (Wildman–Crippen MR) is 324 cm³/mol. The Morgan fingerprint density at radius 2 is 0.286 bits per heavy atom. The minimum absolute atomic E-state index is 0. The van der Waals surface area contributed by atoms with Crippen molar-refractivity contribution >= 4 is 106 Å². The summed E-state index contributed by atoms with van der Waals surface area (Å²) in [6, 6.07) is 64.5. The van der Waals surface area contributed by atoms with Crippen molar-refractivity contribution in [2.45, 2.75) is 0 Å². The second kappa shape index (κ2) is 20.5. The van der Waals surface area contributed by atoms with Crippen molar-refractivity contribution in [3.63, 3.8) is 0 Å². The van der Waals surface area contributed by atoms with E-state index in [1.165, 1.54) is 0 Å². The largest absolute Gasteiger partial charge is 3.00 e. The van der Waals surface area contributed by atoms with Gasteiger partial charge in [0.2, 0.25) is 0 Å². The van der Waals surface area contributed by atoms with Crippen molar-refractivity contribution in [1.29, 1.82) is 0 Å². The molecule has 0 radical (unpaired) electrons. The Hall–Kier alpha value is -11.1. The van der Waals surface area contributed by atoms with Crippen LogP contribution < -0.4 is 0 Å². The first-order chi connectivity index (χ1) is 39.6. The summed E-state index contributed by atoms with van der Waals surface area (Å²) in [5, 5.41) is 7.64. The van der Waals surface area contributed by atoms with Gasteiger partial charge in [0.25, 0.3) is 0 Å². The molecule has 6 aromatic heterocycles. The van der Waals surface area contributed by atoms with Crippen LogP contribution in [0.5, 0.6) is 0 Å². The maximum atomic E-state index is 5.02. The molecule has 4 aliphatic rings. The number of fused-ring (bicyclic) bond motifs is 40. The predicted octanol–water partition coefficient (Wildman–Crippen LogP) is 12.8. The fraction of sp³-hybridized carbons (Fsp3) is 0. The van der Waals surface area contributed by atoms with E-state index in [0.29, 0.717) is 91.8 Å². The molecule has 0 saturated heterocycles. The smallest absolute Gasteiger partial charge is 0.870 e. The van der Waals surface area contributed by atoms with Gasteiger partial charge in [0, 0.05) is 87.6 Å².